The Labute approximate surface area is 127 Å². The molecule has 1 aromatic carbocycles. The summed E-state index contributed by atoms with van der Waals surface area (Å²) in [5.41, 5.74) is 0. The van der Waals surface area contributed by atoms with E-state index in [1.165, 1.54) is 23.1 Å². The van der Waals surface area contributed by atoms with Crippen molar-refractivity contribution in [2.75, 3.05) is 13.7 Å². The van der Waals surface area contributed by atoms with Gasteiger partial charge in [0.2, 0.25) is 0 Å². The fraction of sp³-hybridized carbons (Fsp3) is 0.417. The lowest BCUT2D eigenvalue weighted by molar-refractivity contribution is -0.133. The number of amides is 1. The van der Waals surface area contributed by atoms with E-state index in [0.29, 0.717) is 0 Å². The Morgan fingerprint density at radius 3 is 2.50 bits per heavy atom. The Hall–Kier alpha value is -0.980. The standard InChI is InChI=1S/C12H15Cl2NO4S/c1-8(2)15(3)12(16)7-19-10-5-4-9(13)6-11(10)20(14,17)18/h4-6,8H,7H2,1-3H3. The van der Waals surface area contributed by atoms with Crippen LogP contribution >= 0.6 is 22.3 Å². The van der Waals surface area contributed by atoms with Crippen molar-refractivity contribution < 1.29 is 17.9 Å². The summed E-state index contributed by atoms with van der Waals surface area (Å²) in [6.45, 7) is 3.43. The van der Waals surface area contributed by atoms with Crippen molar-refractivity contribution in [3.8, 4) is 5.75 Å². The molecule has 0 heterocycles. The summed E-state index contributed by atoms with van der Waals surface area (Å²) in [6.07, 6.45) is 0. The molecule has 0 spiro atoms. The first-order chi connectivity index (χ1) is 9.12. The van der Waals surface area contributed by atoms with Crippen molar-refractivity contribution in [3.63, 3.8) is 0 Å². The van der Waals surface area contributed by atoms with E-state index < -0.39 is 9.05 Å². The van der Waals surface area contributed by atoms with Gasteiger partial charge in [-0.25, -0.2) is 8.42 Å². The molecule has 0 radical (unpaired) electrons. The Kier molecular flexibility index (Phi) is 5.68. The summed E-state index contributed by atoms with van der Waals surface area (Å²) in [4.78, 5) is 13.0. The maximum atomic E-state index is 11.8. The largest absolute Gasteiger partial charge is 0.482 e. The van der Waals surface area contributed by atoms with E-state index in [1.807, 2.05) is 13.8 Å². The number of likely N-dealkylation sites (N-methyl/N-ethyl adjacent to an activating group) is 1. The second-order valence-electron chi connectivity index (χ2n) is 4.42. The molecule has 0 N–H and O–H groups in total. The highest BCUT2D eigenvalue weighted by molar-refractivity contribution is 8.13. The van der Waals surface area contributed by atoms with Gasteiger partial charge < -0.3 is 9.64 Å². The topological polar surface area (TPSA) is 63.7 Å². The van der Waals surface area contributed by atoms with Crippen molar-refractivity contribution in [3.05, 3.63) is 23.2 Å². The van der Waals surface area contributed by atoms with Gasteiger partial charge in [-0.05, 0) is 32.0 Å². The highest BCUT2D eigenvalue weighted by Crippen LogP contribution is 2.29. The number of benzene rings is 1. The SMILES string of the molecule is CC(C)N(C)C(=O)COc1ccc(Cl)cc1S(=O)(=O)Cl. The van der Waals surface area contributed by atoms with Gasteiger partial charge in [0.15, 0.2) is 6.61 Å². The van der Waals surface area contributed by atoms with Gasteiger partial charge in [-0.15, -0.1) is 0 Å². The lowest BCUT2D eigenvalue weighted by atomic mass is 10.3. The lowest BCUT2D eigenvalue weighted by Crippen LogP contribution is -2.36. The number of hydrogen-bond donors (Lipinski definition) is 0. The van der Waals surface area contributed by atoms with Crippen LogP contribution in [0.25, 0.3) is 0 Å². The molecule has 1 amide bonds. The second-order valence-corrected chi connectivity index (χ2v) is 7.39. The van der Waals surface area contributed by atoms with E-state index in [4.69, 9.17) is 27.0 Å². The predicted octanol–water partition coefficient (Wildman–Crippen LogP) is 2.51. The molecule has 1 aromatic rings. The van der Waals surface area contributed by atoms with Crippen molar-refractivity contribution in [1.82, 2.24) is 4.90 Å². The normalized spacial score (nSPS) is 11.5. The molecule has 8 heteroatoms. The maximum absolute atomic E-state index is 11.8. The van der Waals surface area contributed by atoms with Gasteiger partial charge in [0.1, 0.15) is 10.6 Å². The first-order valence-electron chi connectivity index (χ1n) is 5.75. The molecule has 0 aromatic heterocycles. The van der Waals surface area contributed by atoms with Crippen LogP contribution in [0.15, 0.2) is 23.1 Å². The van der Waals surface area contributed by atoms with E-state index in [9.17, 15) is 13.2 Å². The Balaban J connectivity index is 2.92. The third kappa shape index (κ3) is 4.54. The number of carbonyl (C=O) groups excluding carboxylic acids is 1. The molecule has 0 saturated carbocycles. The smallest absolute Gasteiger partial charge is 0.265 e. The monoisotopic (exact) mass is 339 g/mol. The number of rotatable bonds is 5. The van der Waals surface area contributed by atoms with E-state index in [-0.39, 0.29) is 34.2 Å². The van der Waals surface area contributed by atoms with Gasteiger partial charge in [-0.3, -0.25) is 4.79 Å². The molecule has 0 atom stereocenters. The maximum Gasteiger partial charge on any atom is 0.265 e. The zero-order chi connectivity index (χ0) is 15.5. The zero-order valence-corrected chi connectivity index (χ0v) is 13.6. The van der Waals surface area contributed by atoms with Crippen LogP contribution in [0, 0.1) is 0 Å². The van der Waals surface area contributed by atoms with Gasteiger partial charge in [0.05, 0.1) is 0 Å². The number of nitrogens with zero attached hydrogens (tertiary/aromatic N) is 1. The molecule has 20 heavy (non-hydrogen) atoms. The van der Waals surface area contributed by atoms with Crippen LogP contribution in [-0.4, -0.2) is 38.9 Å². The molecular formula is C12H15Cl2NO4S. The molecule has 0 unspecified atom stereocenters. The Morgan fingerprint density at radius 2 is 2.00 bits per heavy atom. The molecule has 0 aliphatic rings. The molecule has 0 aliphatic carbocycles. The summed E-state index contributed by atoms with van der Waals surface area (Å²) in [6, 6.07) is 4.02. The Bertz CT molecular complexity index is 601. The van der Waals surface area contributed by atoms with Crippen molar-refractivity contribution >= 4 is 37.2 Å². The van der Waals surface area contributed by atoms with Gasteiger partial charge in [0.25, 0.3) is 15.0 Å². The summed E-state index contributed by atoms with van der Waals surface area (Å²) in [7, 11) is 2.94. The zero-order valence-electron chi connectivity index (χ0n) is 11.3. The van der Waals surface area contributed by atoms with Crippen molar-refractivity contribution in [2.24, 2.45) is 0 Å². The number of halogens is 2. The van der Waals surface area contributed by atoms with Crippen LogP contribution in [0.1, 0.15) is 13.8 Å². The van der Waals surface area contributed by atoms with E-state index in [0.717, 1.165) is 0 Å². The van der Waals surface area contributed by atoms with Gasteiger partial charge in [0, 0.05) is 28.8 Å². The van der Waals surface area contributed by atoms with E-state index in [1.54, 1.807) is 7.05 Å². The summed E-state index contributed by atoms with van der Waals surface area (Å²) >= 11 is 5.72. The fourth-order valence-electron chi connectivity index (χ4n) is 1.32. The molecular weight excluding hydrogens is 325 g/mol. The summed E-state index contributed by atoms with van der Waals surface area (Å²) in [5.74, 6) is -0.275. The summed E-state index contributed by atoms with van der Waals surface area (Å²) < 4.78 is 28.1. The van der Waals surface area contributed by atoms with Crippen LogP contribution in [0.3, 0.4) is 0 Å². The molecule has 112 valence electrons. The molecule has 0 saturated heterocycles. The molecule has 1 rings (SSSR count). The number of carbonyl (C=O) groups is 1. The number of ether oxygens (including phenoxy) is 1. The minimum atomic E-state index is -4.00. The van der Waals surface area contributed by atoms with E-state index >= 15 is 0 Å². The first kappa shape index (κ1) is 17.1. The second kappa shape index (κ2) is 6.65. The van der Waals surface area contributed by atoms with Crippen LogP contribution in [0.2, 0.25) is 5.02 Å². The number of hydrogen-bond acceptors (Lipinski definition) is 4. The lowest BCUT2D eigenvalue weighted by Gasteiger charge is -2.21. The average Bonchev–Trinajstić information content (AvgIpc) is 2.34. The highest BCUT2D eigenvalue weighted by atomic mass is 35.7. The molecule has 0 aliphatic heterocycles. The quantitative estimate of drug-likeness (QED) is 0.773. The van der Waals surface area contributed by atoms with Gasteiger partial charge >= 0.3 is 0 Å². The minimum absolute atomic E-state index is 0.00472. The predicted molar refractivity (Wildman–Crippen MR) is 77.9 cm³/mol. The molecule has 0 bridgehead atoms. The minimum Gasteiger partial charge on any atom is -0.482 e. The van der Waals surface area contributed by atoms with Gasteiger partial charge in [-0.2, -0.15) is 0 Å². The Morgan fingerprint density at radius 1 is 1.40 bits per heavy atom. The van der Waals surface area contributed by atoms with Crippen molar-refractivity contribution in [2.45, 2.75) is 24.8 Å². The van der Waals surface area contributed by atoms with Crippen LogP contribution in [0.4, 0.5) is 0 Å². The van der Waals surface area contributed by atoms with Crippen molar-refractivity contribution in [1.29, 1.82) is 0 Å². The third-order valence-electron chi connectivity index (χ3n) is 2.69. The van der Waals surface area contributed by atoms with Gasteiger partial charge in [-0.1, -0.05) is 11.6 Å². The molecule has 0 fully saturated rings. The summed E-state index contributed by atoms with van der Waals surface area (Å²) in [5, 5.41) is 0.210. The van der Waals surface area contributed by atoms with Crippen LogP contribution in [-0.2, 0) is 13.8 Å². The first-order valence-corrected chi connectivity index (χ1v) is 8.44. The molecule has 5 nitrogen and oxygen atoms in total. The average molecular weight is 340 g/mol. The highest BCUT2D eigenvalue weighted by Gasteiger charge is 2.19. The van der Waals surface area contributed by atoms with Crippen LogP contribution in [0.5, 0.6) is 5.75 Å². The third-order valence-corrected chi connectivity index (χ3v) is 4.27. The van der Waals surface area contributed by atoms with Crippen LogP contribution < -0.4 is 4.74 Å². The fourth-order valence-corrected chi connectivity index (χ4v) is 2.55. The van der Waals surface area contributed by atoms with E-state index in [2.05, 4.69) is 0 Å².